The van der Waals surface area contributed by atoms with Crippen molar-refractivity contribution in [1.82, 2.24) is 5.32 Å². The van der Waals surface area contributed by atoms with E-state index in [1.807, 2.05) is 26.0 Å². The number of hydrogen-bond acceptors (Lipinski definition) is 3. The molecule has 0 spiro atoms. The predicted octanol–water partition coefficient (Wildman–Crippen LogP) is 1.73. The predicted molar refractivity (Wildman–Crippen MR) is 65.6 cm³/mol. The van der Waals surface area contributed by atoms with Crippen LogP contribution in [0.4, 0.5) is 0 Å². The first-order valence-electron chi connectivity index (χ1n) is 5.35. The third-order valence-electron chi connectivity index (χ3n) is 2.49. The molecule has 4 heteroatoms. The summed E-state index contributed by atoms with van der Waals surface area (Å²) in [4.78, 5) is 0. The Kier molecular flexibility index (Phi) is 5.22. The van der Waals surface area contributed by atoms with Gasteiger partial charge < -0.3 is 15.5 Å². The van der Waals surface area contributed by atoms with E-state index in [0.717, 1.165) is 5.56 Å². The highest BCUT2D eigenvalue weighted by Crippen LogP contribution is 2.20. The molecule has 0 amide bonds. The van der Waals surface area contributed by atoms with Crippen molar-refractivity contribution in [2.24, 2.45) is 0 Å². The fraction of sp³-hybridized carbons (Fsp3) is 0.500. The second kappa shape index (κ2) is 6.21. The molecule has 2 unspecified atom stereocenters. The second-order valence-electron chi connectivity index (χ2n) is 4.04. The van der Waals surface area contributed by atoms with E-state index in [4.69, 9.17) is 16.7 Å². The molecule has 16 heavy (non-hydrogen) atoms. The summed E-state index contributed by atoms with van der Waals surface area (Å²) in [5.41, 5.74) is 0.776. The Morgan fingerprint density at radius 1 is 1.38 bits per heavy atom. The normalized spacial score (nSPS) is 16.8. The molecule has 3 nitrogen and oxygen atoms in total. The Labute approximate surface area is 101 Å². The van der Waals surface area contributed by atoms with Crippen molar-refractivity contribution in [2.45, 2.75) is 32.0 Å². The maximum atomic E-state index is 10.1. The van der Waals surface area contributed by atoms with Gasteiger partial charge in [0.1, 0.15) is 0 Å². The summed E-state index contributed by atoms with van der Waals surface area (Å²) in [7, 11) is 0. The first kappa shape index (κ1) is 13.5. The van der Waals surface area contributed by atoms with Gasteiger partial charge in [0.25, 0.3) is 0 Å². The van der Waals surface area contributed by atoms with E-state index in [0.29, 0.717) is 5.02 Å². The van der Waals surface area contributed by atoms with E-state index in [1.165, 1.54) is 0 Å². The van der Waals surface area contributed by atoms with Crippen LogP contribution in [0.15, 0.2) is 24.3 Å². The first-order valence-corrected chi connectivity index (χ1v) is 5.73. The van der Waals surface area contributed by atoms with Crippen molar-refractivity contribution >= 4 is 11.6 Å². The molecule has 0 aromatic heterocycles. The molecule has 0 fully saturated rings. The fourth-order valence-electron chi connectivity index (χ4n) is 1.57. The average molecular weight is 244 g/mol. The quantitative estimate of drug-likeness (QED) is 0.738. The van der Waals surface area contributed by atoms with Crippen LogP contribution in [0.2, 0.25) is 5.02 Å². The zero-order valence-corrected chi connectivity index (χ0v) is 10.3. The zero-order chi connectivity index (χ0) is 12.1. The van der Waals surface area contributed by atoms with Crippen molar-refractivity contribution in [3.8, 4) is 0 Å². The Morgan fingerprint density at radius 2 is 2.06 bits per heavy atom. The van der Waals surface area contributed by atoms with Crippen molar-refractivity contribution in [1.29, 1.82) is 0 Å². The number of aliphatic hydroxyl groups is 2. The van der Waals surface area contributed by atoms with Gasteiger partial charge in [-0.25, -0.2) is 0 Å². The van der Waals surface area contributed by atoms with E-state index >= 15 is 0 Å². The summed E-state index contributed by atoms with van der Waals surface area (Å²) in [6.45, 7) is 3.78. The van der Waals surface area contributed by atoms with Crippen LogP contribution in [0.5, 0.6) is 0 Å². The Morgan fingerprint density at radius 3 is 2.62 bits per heavy atom. The van der Waals surface area contributed by atoms with Crippen LogP contribution < -0.4 is 5.32 Å². The van der Waals surface area contributed by atoms with E-state index in [1.54, 1.807) is 12.1 Å². The number of rotatable bonds is 5. The monoisotopic (exact) mass is 243 g/mol. The van der Waals surface area contributed by atoms with Crippen LogP contribution in [0.25, 0.3) is 0 Å². The molecule has 0 radical (unpaired) electrons. The molecule has 1 aromatic rings. The van der Waals surface area contributed by atoms with Gasteiger partial charge in [-0.2, -0.15) is 0 Å². The molecule has 1 rings (SSSR count). The van der Waals surface area contributed by atoms with Crippen LogP contribution in [-0.4, -0.2) is 28.9 Å². The minimum atomic E-state index is -0.632. The molecule has 3 N–H and O–H groups in total. The van der Waals surface area contributed by atoms with Gasteiger partial charge in [0, 0.05) is 17.1 Å². The lowest BCUT2D eigenvalue weighted by Gasteiger charge is -2.23. The standard InChI is InChI=1S/C12H18ClNO2/c1-8(7-15)14-9(2)12(16)10-4-3-5-11(13)6-10/h3-6,8-9,12,14-16H,7H2,1-2H3/t8?,9?,12-/m1/s1. The number of benzene rings is 1. The van der Waals surface area contributed by atoms with Crippen LogP contribution in [0.3, 0.4) is 0 Å². The summed E-state index contributed by atoms with van der Waals surface area (Å²) in [5.74, 6) is 0. The van der Waals surface area contributed by atoms with Crippen molar-refractivity contribution < 1.29 is 10.2 Å². The van der Waals surface area contributed by atoms with E-state index in [2.05, 4.69) is 5.32 Å². The third-order valence-corrected chi connectivity index (χ3v) is 2.72. The first-order chi connectivity index (χ1) is 7.54. The summed E-state index contributed by atoms with van der Waals surface area (Å²) in [6, 6.07) is 6.98. The number of aliphatic hydroxyl groups excluding tert-OH is 2. The van der Waals surface area contributed by atoms with Crippen LogP contribution in [0, 0.1) is 0 Å². The fourth-order valence-corrected chi connectivity index (χ4v) is 1.77. The van der Waals surface area contributed by atoms with Gasteiger partial charge in [0.2, 0.25) is 0 Å². The lowest BCUT2D eigenvalue weighted by molar-refractivity contribution is 0.122. The zero-order valence-electron chi connectivity index (χ0n) is 9.52. The summed E-state index contributed by atoms with van der Waals surface area (Å²) in [6.07, 6.45) is -0.632. The Balaban J connectivity index is 2.66. The molecule has 0 bridgehead atoms. The van der Waals surface area contributed by atoms with Gasteiger partial charge in [0.15, 0.2) is 0 Å². The van der Waals surface area contributed by atoms with Gasteiger partial charge in [-0.3, -0.25) is 0 Å². The molecule has 0 saturated carbocycles. The maximum absolute atomic E-state index is 10.1. The number of nitrogens with one attached hydrogen (secondary N) is 1. The molecular weight excluding hydrogens is 226 g/mol. The topological polar surface area (TPSA) is 52.5 Å². The molecule has 0 aliphatic rings. The van der Waals surface area contributed by atoms with Crippen LogP contribution in [-0.2, 0) is 0 Å². The third kappa shape index (κ3) is 3.76. The molecule has 3 atom stereocenters. The minimum absolute atomic E-state index is 0.0381. The largest absolute Gasteiger partial charge is 0.395 e. The summed E-state index contributed by atoms with van der Waals surface area (Å²) in [5, 5.41) is 22.7. The smallest absolute Gasteiger partial charge is 0.0940 e. The lowest BCUT2D eigenvalue weighted by atomic mass is 10.0. The Bertz CT molecular complexity index is 333. The second-order valence-corrected chi connectivity index (χ2v) is 4.48. The number of hydrogen-bond donors (Lipinski definition) is 3. The van der Waals surface area contributed by atoms with Crippen molar-refractivity contribution in [2.75, 3.05) is 6.61 Å². The lowest BCUT2D eigenvalue weighted by Crippen LogP contribution is -2.40. The minimum Gasteiger partial charge on any atom is -0.395 e. The molecule has 90 valence electrons. The van der Waals surface area contributed by atoms with Crippen LogP contribution in [0.1, 0.15) is 25.5 Å². The highest BCUT2D eigenvalue weighted by Gasteiger charge is 2.17. The molecule has 0 aliphatic carbocycles. The van der Waals surface area contributed by atoms with E-state index < -0.39 is 6.10 Å². The molecular formula is C12H18ClNO2. The van der Waals surface area contributed by atoms with Gasteiger partial charge >= 0.3 is 0 Å². The van der Waals surface area contributed by atoms with Gasteiger partial charge in [-0.1, -0.05) is 23.7 Å². The van der Waals surface area contributed by atoms with Crippen molar-refractivity contribution in [3.05, 3.63) is 34.9 Å². The summed E-state index contributed by atoms with van der Waals surface area (Å²) < 4.78 is 0. The Hall–Kier alpha value is -0.610. The maximum Gasteiger partial charge on any atom is 0.0940 e. The van der Waals surface area contributed by atoms with Gasteiger partial charge in [-0.05, 0) is 31.5 Å². The van der Waals surface area contributed by atoms with Gasteiger partial charge in [-0.15, -0.1) is 0 Å². The van der Waals surface area contributed by atoms with E-state index in [9.17, 15) is 5.11 Å². The van der Waals surface area contributed by atoms with Gasteiger partial charge in [0.05, 0.1) is 12.7 Å². The molecule has 1 aromatic carbocycles. The van der Waals surface area contributed by atoms with E-state index in [-0.39, 0.29) is 18.7 Å². The summed E-state index contributed by atoms with van der Waals surface area (Å²) >= 11 is 5.86. The molecule has 0 heterocycles. The van der Waals surface area contributed by atoms with Crippen LogP contribution >= 0.6 is 11.6 Å². The highest BCUT2D eigenvalue weighted by atomic mass is 35.5. The number of halogens is 1. The highest BCUT2D eigenvalue weighted by molar-refractivity contribution is 6.30. The average Bonchev–Trinajstić information content (AvgIpc) is 2.27. The molecule has 0 aliphatic heterocycles. The molecule has 0 saturated heterocycles. The SMILES string of the molecule is CC(CO)NC(C)[C@@H](O)c1cccc(Cl)c1. The van der Waals surface area contributed by atoms with Crippen molar-refractivity contribution in [3.63, 3.8) is 0 Å².